The fourth-order valence-corrected chi connectivity index (χ4v) is 1.86. The lowest BCUT2D eigenvalue weighted by molar-refractivity contribution is -0.137. The maximum atomic E-state index is 12.1. The van der Waals surface area contributed by atoms with Crippen molar-refractivity contribution in [3.8, 4) is 0 Å². The smallest absolute Gasteiger partial charge is 0.322 e. The summed E-state index contributed by atoms with van der Waals surface area (Å²) in [7, 11) is 1.56. The van der Waals surface area contributed by atoms with Crippen LogP contribution in [0.15, 0.2) is 0 Å². The number of methoxy groups -OCH3 is 1. The Kier molecular flexibility index (Phi) is 9.95. The molecule has 0 radical (unpaired) electrons. The molecule has 122 valence electrons. The van der Waals surface area contributed by atoms with Gasteiger partial charge >= 0.3 is 12.0 Å². The number of amides is 3. The average Bonchev–Trinajstić information content (AvgIpc) is 2.46. The highest BCUT2D eigenvalue weighted by Gasteiger charge is 2.21. The van der Waals surface area contributed by atoms with Gasteiger partial charge in [-0.3, -0.25) is 9.59 Å². The fourth-order valence-electron chi connectivity index (χ4n) is 1.86. The number of carbonyl (C=O) groups is 3. The number of carboxylic acids is 1. The van der Waals surface area contributed by atoms with Gasteiger partial charge in [0.25, 0.3) is 0 Å². The van der Waals surface area contributed by atoms with Crippen LogP contribution in [0.2, 0.25) is 0 Å². The zero-order valence-electron chi connectivity index (χ0n) is 12.8. The Balaban J connectivity index is 4.39. The Morgan fingerprint density at radius 1 is 1.14 bits per heavy atom. The van der Waals surface area contributed by atoms with Crippen molar-refractivity contribution < 1.29 is 24.2 Å². The molecule has 0 aliphatic heterocycles. The molecule has 3 N–H and O–H groups in total. The van der Waals surface area contributed by atoms with E-state index in [9.17, 15) is 14.4 Å². The molecule has 0 spiro atoms. The van der Waals surface area contributed by atoms with E-state index in [1.807, 2.05) is 13.8 Å². The van der Waals surface area contributed by atoms with Crippen LogP contribution in [0, 0.1) is 0 Å². The van der Waals surface area contributed by atoms with Gasteiger partial charge in [-0.2, -0.15) is 0 Å². The number of aliphatic carboxylic acids is 1. The predicted molar refractivity (Wildman–Crippen MR) is 77.0 cm³/mol. The summed E-state index contributed by atoms with van der Waals surface area (Å²) in [5.41, 5.74) is 0. The maximum Gasteiger partial charge on any atom is 0.322 e. The van der Waals surface area contributed by atoms with Gasteiger partial charge < -0.3 is 25.4 Å². The lowest BCUT2D eigenvalue weighted by Gasteiger charge is -2.30. The van der Waals surface area contributed by atoms with Crippen LogP contribution in [0.3, 0.4) is 0 Å². The Hall–Kier alpha value is -1.83. The van der Waals surface area contributed by atoms with Crippen molar-refractivity contribution in [3.63, 3.8) is 0 Å². The predicted octanol–water partition coefficient (Wildman–Crippen LogP) is 0.0338. The van der Waals surface area contributed by atoms with E-state index in [0.29, 0.717) is 13.2 Å². The Labute approximate surface area is 124 Å². The minimum Gasteiger partial charge on any atom is -0.480 e. The van der Waals surface area contributed by atoms with Gasteiger partial charge in [-0.25, -0.2) is 4.79 Å². The van der Waals surface area contributed by atoms with Crippen LogP contribution >= 0.6 is 0 Å². The van der Waals surface area contributed by atoms with E-state index < -0.39 is 18.4 Å². The Morgan fingerprint density at radius 2 is 1.76 bits per heavy atom. The van der Waals surface area contributed by atoms with Crippen LogP contribution in [0.1, 0.15) is 26.7 Å². The molecule has 0 aromatic heterocycles. The van der Waals surface area contributed by atoms with E-state index in [0.717, 1.165) is 12.8 Å². The first-order valence-corrected chi connectivity index (χ1v) is 6.98. The van der Waals surface area contributed by atoms with Crippen molar-refractivity contribution >= 4 is 17.9 Å². The molecule has 21 heavy (non-hydrogen) atoms. The van der Waals surface area contributed by atoms with Crippen molar-refractivity contribution in [1.82, 2.24) is 15.5 Å². The summed E-state index contributed by atoms with van der Waals surface area (Å²) in [5, 5.41) is 13.1. The number of hydrogen-bond donors (Lipinski definition) is 3. The quantitative estimate of drug-likeness (QED) is 0.528. The van der Waals surface area contributed by atoms with Crippen molar-refractivity contribution in [3.05, 3.63) is 0 Å². The number of carbonyl (C=O) groups excluding carboxylic acids is 2. The van der Waals surface area contributed by atoms with Crippen molar-refractivity contribution in [1.29, 1.82) is 0 Å². The van der Waals surface area contributed by atoms with Gasteiger partial charge in [0.1, 0.15) is 6.54 Å². The molecule has 0 atom stereocenters. The molecule has 0 aromatic carbocycles. The topological polar surface area (TPSA) is 108 Å². The molecule has 0 aliphatic carbocycles. The first-order chi connectivity index (χ1) is 9.96. The summed E-state index contributed by atoms with van der Waals surface area (Å²) < 4.78 is 4.99. The summed E-state index contributed by atoms with van der Waals surface area (Å²) in [4.78, 5) is 35.4. The first-order valence-electron chi connectivity index (χ1n) is 6.98. The van der Waals surface area contributed by atoms with Crippen LogP contribution in [-0.4, -0.2) is 67.3 Å². The molecule has 3 amide bonds. The summed E-state index contributed by atoms with van der Waals surface area (Å²) in [6, 6.07) is -0.284. The van der Waals surface area contributed by atoms with Crippen LogP contribution in [0.25, 0.3) is 0 Å². The number of nitrogens with one attached hydrogen (secondary N) is 2. The summed E-state index contributed by atoms with van der Waals surface area (Å²) in [6.07, 6.45) is 1.61. The number of hydrogen-bond acceptors (Lipinski definition) is 4. The van der Waals surface area contributed by atoms with E-state index in [2.05, 4.69) is 10.6 Å². The van der Waals surface area contributed by atoms with Crippen LogP contribution in [0.5, 0.6) is 0 Å². The second-order valence-electron chi connectivity index (χ2n) is 4.49. The van der Waals surface area contributed by atoms with Gasteiger partial charge in [-0.1, -0.05) is 13.8 Å². The maximum absolute atomic E-state index is 12.1. The van der Waals surface area contributed by atoms with Gasteiger partial charge in [-0.05, 0) is 12.8 Å². The molecule has 8 heteroatoms. The molecule has 0 heterocycles. The van der Waals surface area contributed by atoms with Crippen LogP contribution in [-0.2, 0) is 14.3 Å². The highest BCUT2D eigenvalue weighted by atomic mass is 16.5. The molecule has 0 bridgehead atoms. The molecule has 0 unspecified atom stereocenters. The zero-order chi connectivity index (χ0) is 16.3. The first kappa shape index (κ1) is 19.2. The number of carboxylic acid groups (broad SMARTS) is 1. The minimum atomic E-state index is -1.13. The SMILES string of the molecule is CCC(CC)N(CCOC)C(=O)NCC(=O)NCC(=O)O. The normalized spacial score (nSPS) is 10.3. The molecular formula is C13H25N3O5. The molecule has 0 rings (SSSR count). The Bertz CT molecular complexity index is 345. The highest BCUT2D eigenvalue weighted by Crippen LogP contribution is 2.08. The van der Waals surface area contributed by atoms with Gasteiger partial charge in [0, 0.05) is 19.7 Å². The molecule has 8 nitrogen and oxygen atoms in total. The van der Waals surface area contributed by atoms with Gasteiger partial charge in [-0.15, -0.1) is 0 Å². The highest BCUT2D eigenvalue weighted by molar-refractivity contribution is 5.86. The summed E-state index contributed by atoms with van der Waals surface area (Å²) >= 11 is 0. The summed E-state index contributed by atoms with van der Waals surface area (Å²) in [6.45, 7) is 4.10. The molecule has 0 saturated heterocycles. The largest absolute Gasteiger partial charge is 0.480 e. The fraction of sp³-hybridized carbons (Fsp3) is 0.769. The third-order valence-corrected chi connectivity index (χ3v) is 3.02. The second kappa shape index (κ2) is 10.9. The molecule has 0 aliphatic rings. The average molecular weight is 303 g/mol. The monoisotopic (exact) mass is 303 g/mol. The molecule has 0 saturated carbocycles. The number of rotatable bonds is 10. The van der Waals surface area contributed by atoms with E-state index in [1.165, 1.54) is 0 Å². The molecule has 0 fully saturated rings. The van der Waals surface area contributed by atoms with Crippen molar-refractivity contribution in [2.24, 2.45) is 0 Å². The van der Waals surface area contributed by atoms with Crippen molar-refractivity contribution in [2.75, 3.05) is 33.4 Å². The summed E-state index contributed by atoms with van der Waals surface area (Å²) in [5.74, 6) is -1.67. The lowest BCUT2D eigenvalue weighted by Crippen LogP contribution is -2.49. The van der Waals surface area contributed by atoms with Crippen molar-refractivity contribution in [2.45, 2.75) is 32.7 Å². The minimum absolute atomic E-state index is 0.0715. The van der Waals surface area contributed by atoms with Gasteiger partial charge in [0.05, 0.1) is 13.2 Å². The third kappa shape index (κ3) is 8.13. The van der Waals surface area contributed by atoms with Gasteiger partial charge in [0.15, 0.2) is 0 Å². The van der Waals surface area contributed by atoms with E-state index >= 15 is 0 Å². The van der Waals surface area contributed by atoms with E-state index in [4.69, 9.17) is 9.84 Å². The van der Waals surface area contributed by atoms with Gasteiger partial charge in [0.2, 0.25) is 5.91 Å². The van der Waals surface area contributed by atoms with E-state index in [-0.39, 0.29) is 18.6 Å². The number of urea groups is 1. The number of ether oxygens (including phenoxy) is 1. The molecular weight excluding hydrogens is 278 g/mol. The standard InChI is InChI=1S/C13H25N3O5/c1-4-10(5-2)16(6-7-21-3)13(20)15-8-11(17)14-9-12(18)19/h10H,4-9H2,1-3H3,(H,14,17)(H,15,20)(H,18,19). The molecule has 0 aromatic rings. The third-order valence-electron chi connectivity index (χ3n) is 3.02. The lowest BCUT2D eigenvalue weighted by atomic mass is 10.1. The number of nitrogens with zero attached hydrogens (tertiary/aromatic N) is 1. The van der Waals surface area contributed by atoms with Crippen LogP contribution in [0.4, 0.5) is 4.79 Å². The van der Waals surface area contributed by atoms with Crippen LogP contribution < -0.4 is 10.6 Å². The zero-order valence-corrected chi connectivity index (χ0v) is 12.8. The second-order valence-corrected chi connectivity index (χ2v) is 4.49. The van der Waals surface area contributed by atoms with E-state index in [1.54, 1.807) is 12.0 Å². The Morgan fingerprint density at radius 3 is 2.24 bits per heavy atom.